The van der Waals surface area contributed by atoms with Crippen molar-refractivity contribution in [1.29, 1.82) is 0 Å². The quantitative estimate of drug-likeness (QED) is 0.205. The van der Waals surface area contributed by atoms with E-state index in [4.69, 9.17) is 14.1 Å². The van der Waals surface area contributed by atoms with E-state index in [1.165, 1.54) is 23.0 Å². The first-order valence-electron chi connectivity index (χ1n) is 13.0. The van der Waals surface area contributed by atoms with Crippen molar-refractivity contribution in [3.63, 3.8) is 0 Å². The largest absolute Gasteiger partial charge is 0.437 e. The van der Waals surface area contributed by atoms with Gasteiger partial charge in [0, 0.05) is 5.56 Å². The summed E-state index contributed by atoms with van der Waals surface area (Å²) >= 11 is 0. The van der Waals surface area contributed by atoms with E-state index in [0.717, 1.165) is 28.5 Å². The number of aromatic nitrogens is 4. The van der Waals surface area contributed by atoms with Crippen LogP contribution in [0.15, 0.2) is 107 Å². The highest BCUT2D eigenvalue weighted by molar-refractivity contribution is 5.88. The Balaban J connectivity index is 1.38. The van der Waals surface area contributed by atoms with Crippen LogP contribution in [-0.4, -0.2) is 19.6 Å². The van der Waals surface area contributed by atoms with Gasteiger partial charge in [-0.1, -0.05) is 60.7 Å². The van der Waals surface area contributed by atoms with E-state index in [-0.39, 0.29) is 17.2 Å². The molecule has 0 bridgehead atoms. The Bertz CT molecular complexity index is 2260. The Morgan fingerprint density at radius 3 is 2.40 bits per heavy atom. The van der Waals surface area contributed by atoms with Crippen LogP contribution in [0, 0.1) is 0 Å². The molecule has 0 aliphatic carbocycles. The number of fused-ring (bicyclic) bond motifs is 7. The van der Waals surface area contributed by atoms with Gasteiger partial charge in [0.2, 0.25) is 5.88 Å². The van der Waals surface area contributed by atoms with Crippen LogP contribution in [0.4, 0.5) is 13.2 Å². The standard InChI is InChI=1S/C32H17F3N4O3/c33-32(34,35)21-13-11-18(12-14-21)24-25-27(22-7-3-4-8-23(22)41-31(25)40)42-30-26(24)29-37-28(38-39(29)16-36-30)20-10-9-17-5-1-2-6-19(17)15-20/h1-16,24H. The lowest BCUT2D eigenvalue weighted by atomic mass is 9.84. The average Bonchev–Trinajstić information content (AvgIpc) is 3.44. The third kappa shape index (κ3) is 3.68. The van der Waals surface area contributed by atoms with Crippen molar-refractivity contribution in [2.45, 2.75) is 12.1 Å². The molecule has 1 unspecified atom stereocenters. The van der Waals surface area contributed by atoms with E-state index >= 15 is 0 Å². The fourth-order valence-electron chi connectivity index (χ4n) is 5.58. The van der Waals surface area contributed by atoms with Gasteiger partial charge in [-0.3, -0.25) is 0 Å². The second kappa shape index (κ2) is 8.74. The monoisotopic (exact) mass is 562 g/mol. The van der Waals surface area contributed by atoms with E-state index in [9.17, 15) is 18.0 Å². The maximum Gasteiger partial charge on any atom is 0.416 e. The molecule has 1 aliphatic rings. The number of hydrogen-bond donors (Lipinski definition) is 0. The number of nitrogens with zero attached hydrogens (tertiary/aromatic N) is 4. The van der Waals surface area contributed by atoms with E-state index in [0.29, 0.717) is 33.6 Å². The topological polar surface area (TPSA) is 82.5 Å². The molecule has 0 saturated heterocycles. The lowest BCUT2D eigenvalue weighted by Gasteiger charge is -2.27. The molecule has 1 atom stereocenters. The molecule has 0 fully saturated rings. The summed E-state index contributed by atoms with van der Waals surface area (Å²) in [7, 11) is 0. The van der Waals surface area contributed by atoms with Crippen molar-refractivity contribution >= 4 is 27.4 Å². The Morgan fingerprint density at radius 2 is 1.60 bits per heavy atom. The van der Waals surface area contributed by atoms with Gasteiger partial charge in [0.15, 0.2) is 17.2 Å². The summed E-state index contributed by atoms with van der Waals surface area (Å²) in [5.74, 6) is -0.0614. The highest BCUT2D eigenvalue weighted by Crippen LogP contribution is 2.49. The second-order valence-electron chi connectivity index (χ2n) is 10.0. The average molecular weight is 563 g/mol. The van der Waals surface area contributed by atoms with Crippen molar-refractivity contribution in [3.05, 3.63) is 130 Å². The SMILES string of the molecule is O=c1oc2ccccc2c2c1C(c1ccc(C(F)(F)F)cc1)c1c(ncn3nc(-c4ccc5ccccc5c4)nc13)O2. The molecule has 0 radical (unpaired) electrons. The second-order valence-corrected chi connectivity index (χ2v) is 10.0. The van der Waals surface area contributed by atoms with Gasteiger partial charge in [-0.15, -0.1) is 5.10 Å². The number of benzene rings is 4. The maximum absolute atomic E-state index is 13.5. The van der Waals surface area contributed by atoms with Crippen LogP contribution in [-0.2, 0) is 6.18 Å². The molecular weight excluding hydrogens is 545 g/mol. The fraction of sp³-hybridized carbons (Fsp3) is 0.0625. The minimum Gasteiger partial charge on any atom is -0.437 e. The lowest BCUT2D eigenvalue weighted by Crippen LogP contribution is -2.22. The van der Waals surface area contributed by atoms with Crippen LogP contribution in [0.3, 0.4) is 0 Å². The molecule has 10 heteroatoms. The van der Waals surface area contributed by atoms with Crippen LogP contribution in [0.25, 0.3) is 38.8 Å². The molecule has 7 nitrogen and oxygen atoms in total. The van der Waals surface area contributed by atoms with Crippen LogP contribution in [0.1, 0.15) is 28.2 Å². The summed E-state index contributed by atoms with van der Waals surface area (Å²) in [5, 5.41) is 7.25. The zero-order valence-corrected chi connectivity index (χ0v) is 21.5. The van der Waals surface area contributed by atoms with E-state index in [1.807, 2.05) is 42.5 Å². The van der Waals surface area contributed by atoms with Gasteiger partial charge in [0.1, 0.15) is 11.9 Å². The highest BCUT2D eigenvalue weighted by Gasteiger charge is 2.38. The Kier molecular flexibility index (Phi) is 5.06. The van der Waals surface area contributed by atoms with Crippen LogP contribution < -0.4 is 10.4 Å². The third-order valence-electron chi connectivity index (χ3n) is 7.54. The summed E-state index contributed by atoms with van der Waals surface area (Å²) in [4.78, 5) is 22.8. The summed E-state index contributed by atoms with van der Waals surface area (Å²) in [5.41, 5.74) is 0.917. The fourth-order valence-corrected chi connectivity index (χ4v) is 5.58. The highest BCUT2D eigenvalue weighted by atomic mass is 19.4. The van der Waals surface area contributed by atoms with Crippen LogP contribution in [0.5, 0.6) is 11.6 Å². The summed E-state index contributed by atoms with van der Waals surface area (Å²) in [6.07, 6.45) is -3.05. The van der Waals surface area contributed by atoms with Crippen LogP contribution in [0.2, 0.25) is 0 Å². The van der Waals surface area contributed by atoms with E-state index in [2.05, 4.69) is 10.1 Å². The maximum atomic E-state index is 13.5. The van der Waals surface area contributed by atoms with Gasteiger partial charge in [0.25, 0.3) is 0 Å². The van der Waals surface area contributed by atoms with Gasteiger partial charge in [-0.25, -0.2) is 19.3 Å². The Morgan fingerprint density at radius 1 is 0.833 bits per heavy atom. The van der Waals surface area contributed by atoms with E-state index < -0.39 is 23.3 Å². The molecule has 0 amide bonds. The normalized spacial score (nSPS) is 14.6. The number of alkyl halides is 3. The number of ether oxygens (including phenoxy) is 1. The van der Waals surface area contributed by atoms with Gasteiger partial charge in [-0.2, -0.15) is 13.2 Å². The van der Waals surface area contributed by atoms with Crippen molar-refractivity contribution < 1.29 is 22.3 Å². The predicted octanol–water partition coefficient (Wildman–Crippen LogP) is 7.36. The molecule has 4 aromatic carbocycles. The first-order valence-corrected chi connectivity index (χ1v) is 13.0. The molecule has 0 N–H and O–H groups in total. The first-order chi connectivity index (χ1) is 20.3. The minimum atomic E-state index is -4.52. The zero-order chi connectivity index (χ0) is 28.6. The summed E-state index contributed by atoms with van der Waals surface area (Å²) in [6.45, 7) is 0. The number of rotatable bonds is 2. The van der Waals surface area contributed by atoms with Crippen LogP contribution >= 0.6 is 0 Å². The first kappa shape index (κ1) is 24.3. The third-order valence-corrected chi connectivity index (χ3v) is 7.54. The summed E-state index contributed by atoms with van der Waals surface area (Å²) < 4.78 is 53.7. The van der Waals surface area contributed by atoms with Gasteiger partial charge < -0.3 is 9.15 Å². The van der Waals surface area contributed by atoms with Crippen molar-refractivity contribution in [3.8, 4) is 23.0 Å². The van der Waals surface area contributed by atoms with Gasteiger partial charge in [-0.05, 0) is 46.7 Å². The molecule has 204 valence electrons. The van der Waals surface area contributed by atoms with Gasteiger partial charge in [0.05, 0.1) is 28.0 Å². The van der Waals surface area contributed by atoms with Crippen molar-refractivity contribution in [2.24, 2.45) is 0 Å². The minimum absolute atomic E-state index is 0.145. The molecule has 3 aromatic heterocycles. The molecule has 4 heterocycles. The lowest BCUT2D eigenvalue weighted by molar-refractivity contribution is -0.137. The van der Waals surface area contributed by atoms with Crippen molar-refractivity contribution in [2.75, 3.05) is 0 Å². The molecule has 42 heavy (non-hydrogen) atoms. The summed E-state index contributed by atoms with van der Waals surface area (Å²) in [6, 6.07) is 25.4. The molecule has 1 aliphatic heterocycles. The van der Waals surface area contributed by atoms with E-state index in [1.54, 1.807) is 24.3 Å². The smallest absolute Gasteiger partial charge is 0.416 e. The predicted molar refractivity (Wildman–Crippen MR) is 149 cm³/mol. The number of hydrogen-bond acceptors (Lipinski definition) is 6. The Hall–Kier alpha value is -5.51. The molecule has 0 spiro atoms. The molecule has 8 rings (SSSR count). The van der Waals surface area contributed by atoms with Crippen molar-refractivity contribution in [1.82, 2.24) is 19.6 Å². The number of para-hydroxylation sites is 1. The Labute approximate surface area is 234 Å². The zero-order valence-electron chi connectivity index (χ0n) is 21.5. The molecule has 7 aromatic rings. The molecular formula is C32H17F3N4O3. The number of halogens is 3. The van der Waals surface area contributed by atoms with Gasteiger partial charge >= 0.3 is 11.8 Å². The molecule has 0 saturated carbocycles.